The van der Waals surface area contributed by atoms with Crippen LogP contribution in [0.4, 0.5) is 5.69 Å². The lowest BCUT2D eigenvalue weighted by molar-refractivity contribution is -0.148. The van der Waals surface area contributed by atoms with Crippen molar-refractivity contribution >= 4 is 23.5 Å². The van der Waals surface area contributed by atoms with Crippen LogP contribution in [0.25, 0.3) is 0 Å². The number of benzene rings is 1. The van der Waals surface area contributed by atoms with Crippen LogP contribution in [0.1, 0.15) is 18.4 Å². The van der Waals surface area contributed by atoms with E-state index in [9.17, 15) is 14.4 Å². The second-order valence-corrected chi connectivity index (χ2v) is 4.97. The highest BCUT2D eigenvalue weighted by Crippen LogP contribution is 2.45. The SMILES string of the molecule is COC(=O)CC1(CC(=O)OC)C(=O)N(C)c2ccccc21. The molecule has 0 fully saturated rings. The minimum Gasteiger partial charge on any atom is -0.469 e. The van der Waals surface area contributed by atoms with E-state index in [2.05, 4.69) is 9.47 Å². The molecule has 6 nitrogen and oxygen atoms in total. The number of rotatable bonds is 4. The zero-order chi connectivity index (χ0) is 15.6. The Balaban J connectivity index is 2.56. The number of nitrogens with zero attached hydrogens (tertiary/aromatic N) is 1. The first-order valence-electron chi connectivity index (χ1n) is 6.47. The lowest BCUT2D eigenvalue weighted by Gasteiger charge is -2.25. The minimum atomic E-state index is -1.26. The van der Waals surface area contributed by atoms with Crippen molar-refractivity contribution in [3.8, 4) is 0 Å². The highest BCUT2D eigenvalue weighted by atomic mass is 16.5. The van der Waals surface area contributed by atoms with Gasteiger partial charge < -0.3 is 14.4 Å². The molecule has 1 aromatic carbocycles. The van der Waals surface area contributed by atoms with Crippen molar-refractivity contribution in [3.63, 3.8) is 0 Å². The van der Waals surface area contributed by atoms with Gasteiger partial charge in [0.2, 0.25) is 5.91 Å². The van der Waals surface area contributed by atoms with Gasteiger partial charge in [0.05, 0.1) is 32.5 Å². The van der Waals surface area contributed by atoms with E-state index < -0.39 is 17.4 Å². The third-order valence-electron chi connectivity index (χ3n) is 3.84. The van der Waals surface area contributed by atoms with Gasteiger partial charge in [-0.15, -0.1) is 0 Å². The zero-order valence-corrected chi connectivity index (χ0v) is 12.2. The monoisotopic (exact) mass is 291 g/mol. The molecule has 1 aromatic rings. The van der Waals surface area contributed by atoms with E-state index in [4.69, 9.17) is 0 Å². The summed E-state index contributed by atoms with van der Waals surface area (Å²) in [5, 5.41) is 0. The quantitative estimate of drug-likeness (QED) is 0.775. The molecule has 0 radical (unpaired) electrons. The maximum absolute atomic E-state index is 12.7. The number of anilines is 1. The number of carbonyl (C=O) groups is 3. The van der Waals surface area contributed by atoms with E-state index in [0.717, 1.165) is 0 Å². The van der Waals surface area contributed by atoms with Crippen molar-refractivity contribution in [1.82, 2.24) is 0 Å². The second-order valence-electron chi connectivity index (χ2n) is 4.97. The van der Waals surface area contributed by atoms with Gasteiger partial charge in [-0.3, -0.25) is 14.4 Å². The number of esters is 2. The van der Waals surface area contributed by atoms with Crippen LogP contribution in [-0.4, -0.2) is 39.1 Å². The van der Waals surface area contributed by atoms with E-state index in [1.807, 2.05) is 0 Å². The van der Waals surface area contributed by atoms with Gasteiger partial charge in [-0.1, -0.05) is 18.2 Å². The molecule has 6 heteroatoms. The fraction of sp³-hybridized carbons (Fsp3) is 0.400. The molecule has 21 heavy (non-hydrogen) atoms. The Bertz CT molecular complexity index is 577. The largest absolute Gasteiger partial charge is 0.469 e. The third kappa shape index (κ3) is 2.37. The smallest absolute Gasteiger partial charge is 0.306 e. The van der Waals surface area contributed by atoms with E-state index in [0.29, 0.717) is 11.3 Å². The predicted molar refractivity (Wildman–Crippen MR) is 74.8 cm³/mol. The van der Waals surface area contributed by atoms with Crippen molar-refractivity contribution < 1.29 is 23.9 Å². The van der Waals surface area contributed by atoms with Crippen molar-refractivity contribution in [3.05, 3.63) is 29.8 Å². The number of fused-ring (bicyclic) bond motifs is 1. The zero-order valence-electron chi connectivity index (χ0n) is 12.2. The summed E-state index contributed by atoms with van der Waals surface area (Å²) < 4.78 is 9.38. The first-order valence-corrected chi connectivity index (χ1v) is 6.47. The number of hydrogen-bond acceptors (Lipinski definition) is 5. The number of likely N-dealkylation sites (N-methyl/N-ethyl adjacent to an activating group) is 1. The Morgan fingerprint density at radius 3 is 2.14 bits per heavy atom. The number of para-hydroxylation sites is 1. The molecule has 0 saturated heterocycles. The van der Waals surface area contributed by atoms with Crippen LogP contribution in [-0.2, 0) is 29.3 Å². The molecule has 2 rings (SSSR count). The molecule has 112 valence electrons. The Kier molecular flexibility index (Phi) is 3.97. The molecule has 0 N–H and O–H groups in total. The van der Waals surface area contributed by atoms with Crippen LogP contribution < -0.4 is 4.90 Å². The van der Waals surface area contributed by atoms with Crippen LogP contribution in [0.2, 0.25) is 0 Å². The molecule has 0 bridgehead atoms. The Labute approximate surface area is 122 Å². The van der Waals surface area contributed by atoms with Crippen LogP contribution in [0, 0.1) is 0 Å². The molecule has 0 unspecified atom stereocenters. The summed E-state index contributed by atoms with van der Waals surface area (Å²) in [6, 6.07) is 7.11. The van der Waals surface area contributed by atoms with Crippen LogP contribution in [0.15, 0.2) is 24.3 Å². The maximum Gasteiger partial charge on any atom is 0.306 e. The number of amides is 1. The van der Waals surface area contributed by atoms with Gasteiger partial charge in [0.25, 0.3) is 0 Å². The fourth-order valence-electron chi connectivity index (χ4n) is 2.76. The lowest BCUT2D eigenvalue weighted by Crippen LogP contribution is -2.42. The van der Waals surface area contributed by atoms with Gasteiger partial charge in [-0.2, -0.15) is 0 Å². The Morgan fingerprint density at radius 2 is 1.62 bits per heavy atom. The summed E-state index contributed by atoms with van der Waals surface area (Å²) in [6.07, 6.45) is -0.391. The van der Waals surface area contributed by atoms with Crippen molar-refractivity contribution in [1.29, 1.82) is 0 Å². The standard InChI is InChI=1S/C15H17NO5/c1-16-11-7-5-4-6-10(11)15(14(16)19,8-12(17)20-2)9-13(18)21-3/h4-7H,8-9H2,1-3H3. The minimum absolute atomic E-state index is 0.196. The first kappa shape index (κ1) is 15.0. The van der Waals surface area contributed by atoms with E-state index in [1.165, 1.54) is 19.1 Å². The third-order valence-corrected chi connectivity index (χ3v) is 3.84. The molecule has 1 aliphatic heterocycles. The molecule has 0 saturated carbocycles. The topological polar surface area (TPSA) is 72.9 Å². The molecule has 0 aliphatic carbocycles. The van der Waals surface area contributed by atoms with E-state index in [-0.39, 0.29) is 18.7 Å². The number of methoxy groups -OCH3 is 2. The maximum atomic E-state index is 12.7. The van der Waals surface area contributed by atoms with Crippen LogP contribution in [0.3, 0.4) is 0 Å². The summed E-state index contributed by atoms with van der Waals surface area (Å²) in [5.74, 6) is -1.39. The van der Waals surface area contributed by atoms with Gasteiger partial charge in [0.1, 0.15) is 0 Å². The van der Waals surface area contributed by atoms with Gasteiger partial charge in [-0.25, -0.2) is 0 Å². The van der Waals surface area contributed by atoms with Crippen LogP contribution in [0.5, 0.6) is 0 Å². The molecule has 0 spiro atoms. The van der Waals surface area contributed by atoms with Crippen molar-refractivity contribution in [2.75, 3.05) is 26.2 Å². The number of carbonyl (C=O) groups excluding carboxylic acids is 3. The van der Waals surface area contributed by atoms with Crippen molar-refractivity contribution in [2.24, 2.45) is 0 Å². The molecular weight excluding hydrogens is 274 g/mol. The number of ether oxygens (including phenoxy) is 2. The summed E-state index contributed by atoms with van der Waals surface area (Å²) in [6.45, 7) is 0. The Hall–Kier alpha value is -2.37. The summed E-state index contributed by atoms with van der Waals surface area (Å²) in [4.78, 5) is 37.7. The van der Waals surface area contributed by atoms with E-state index >= 15 is 0 Å². The summed E-state index contributed by atoms with van der Waals surface area (Å²) in [5.41, 5.74) is 0.0783. The second kappa shape index (κ2) is 5.55. The highest BCUT2D eigenvalue weighted by Gasteiger charge is 2.52. The normalized spacial score (nSPS) is 15.6. The molecule has 0 aromatic heterocycles. The van der Waals surface area contributed by atoms with Gasteiger partial charge >= 0.3 is 11.9 Å². The molecule has 1 heterocycles. The fourth-order valence-corrected chi connectivity index (χ4v) is 2.76. The summed E-state index contributed by atoms with van der Waals surface area (Å²) in [7, 11) is 4.13. The highest BCUT2D eigenvalue weighted by molar-refractivity contribution is 6.11. The summed E-state index contributed by atoms with van der Waals surface area (Å²) >= 11 is 0. The lowest BCUT2D eigenvalue weighted by atomic mass is 9.76. The average Bonchev–Trinajstić information content (AvgIpc) is 2.70. The average molecular weight is 291 g/mol. The molecule has 1 amide bonds. The Morgan fingerprint density at radius 1 is 1.10 bits per heavy atom. The molecule has 1 aliphatic rings. The number of hydrogen-bond donors (Lipinski definition) is 0. The van der Waals surface area contributed by atoms with Gasteiger partial charge in [0.15, 0.2) is 0 Å². The predicted octanol–water partition coefficient (Wildman–Crippen LogP) is 1.03. The van der Waals surface area contributed by atoms with Crippen molar-refractivity contribution in [2.45, 2.75) is 18.3 Å². The van der Waals surface area contributed by atoms with Crippen LogP contribution >= 0.6 is 0 Å². The van der Waals surface area contributed by atoms with Gasteiger partial charge in [0, 0.05) is 12.7 Å². The molecule has 0 atom stereocenters. The molecular formula is C15H17NO5. The first-order chi connectivity index (χ1) is 9.96. The van der Waals surface area contributed by atoms with E-state index in [1.54, 1.807) is 31.3 Å². The van der Waals surface area contributed by atoms with Gasteiger partial charge in [-0.05, 0) is 11.6 Å².